The van der Waals surface area contributed by atoms with Crippen molar-refractivity contribution >= 4 is 34.8 Å². The van der Waals surface area contributed by atoms with Gasteiger partial charge in [-0.05, 0) is 18.2 Å². The number of nitrogens with zero attached hydrogens (tertiary/aromatic N) is 1. The summed E-state index contributed by atoms with van der Waals surface area (Å²) >= 11 is 11.9. The van der Waals surface area contributed by atoms with Crippen LogP contribution in [0.4, 0.5) is 5.69 Å². The number of halogens is 2. The number of hydrogen-bond acceptors (Lipinski definition) is 4. The van der Waals surface area contributed by atoms with E-state index in [1.54, 1.807) is 18.2 Å². The average molecular weight is 319 g/mol. The van der Waals surface area contributed by atoms with Gasteiger partial charge in [0.2, 0.25) is 5.91 Å². The highest BCUT2D eigenvalue weighted by Gasteiger charge is 2.21. The zero-order valence-electron chi connectivity index (χ0n) is 10.8. The highest BCUT2D eigenvalue weighted by molar-refractivity contribution is 6.35. The second kappa shape index (κ2) is 7.24. The molecule has 0 aromatic heterocycles. The Labute approximate surface area is 127 Å². The van der Waals surface area contributed by atoms with E-state index < -0.39 is 0 Å². The first kappa shape index (κ1) is 15.5. The lowest BCUT2D eigenvalue weighted by atomic mass is 10.2. The fourth-order valence-electron chi connectivity index (χ4n) is 2.02. The molecule has 1 saturated heterocycles. The highest BCUT2D eigenvalue weighted by atomic mass is 35.5. The highest BCUT2D eigenvalue weighted by Crippen LogP contribution is 2.25. The third kappa shape index (κ3) is 4.33. The maximum absolute atomic E-state index is 12.0. The molecule has 0 bridgehead atoms. The number of benzene rings is 1. The summed E-state index contributed by atoms with van der Waals surface area (Å²) in [5, 5.41) is 12.7. The van der Waals surface area contributed by atoms with Gasteiger partial charge in [0.25, 0.3) is 0 Å². The molecular weight excluding hydrogens is 303 g/mol. The number of aliphatic hydroxyl groups excluding tert-OH is 1. The first-order chi connectivity index (χ1) is 9.58. The molecule has 1 atom stereocenters. The molecule has 1 amide bonds. The molecule has 5 nitrogen and oxygen atoms in total. The minimum atomic E-state index is -0.230. The summed E-state index contributed by atoms with van der Waals surface area (Å²) in [4.78, 5) is 13.9. The van der Waals surface area contributed by atoms with Crippen LogP contribution in [0.3, 0.4) is 0 Å². The molecule has 0 saturated carbocycles. The molecular formula is C13H16Cl2N2O3. The number of carbonyl (C=O) groups is 1. The Morgan fingerprint density at radius 1 is 1.50 bits per heavy atom. The van der Waals surface area contributed by atoms with Gasteiger partial charge in [-0.1, -0.05) is 23.2 Å². The summed E-state index contributed by atoms with van der Waals surface area (Å²) in [7, 11) is 0. The Hall–Kier alpha value is -0.850. The fraction of sp³-hybridized carbons (Fsp3) is 0.462. The zero-order valence-corrected chi connectivity index (χ0v) is 12.3. The average Bonchev–Trinajstić information content (AvgIpc) is 2.43. The Balaban J connectivity index is 1.90. The molecule has 0 aliphatic carbocycles. The van der Waals surface area contributed by atoms with E-state index in [4.69, 9.17) is 33.0 Å². The van der Waals surface area contributed by atoms with Crippen LogP contribution in [0.25, 0.3) is 0 Å². The lowest BCUT2D eigenvalue weighted by molar-refractivity contribution is -0.120. The van der Waals surface area contributed by atoms with Crippen molar-refractivity contribution in [1.82, 2.24) is 4.90 Å². The predicted octanol–water partition coefficient (Wildman–Crippen LogP) is 1.62. The molecule has 110 valence electrons. The number of ether oxygens (including phenoxy) is 1. The number of hydrogen-bond donors (Lipinski definition) is 2. The van der Waals surface area contributed by atoms with Crippen molar-refractivity contribution in [2.24, 2.45) is 0 Å². The van der Waals surface area contributed by atoms with Crippen LogP contribution in [0.15, 0.2) is 18.2 Å². The second-order valence-electron chi connectivity index (χ2n) is 4.58. The van der Waals surface area contributed by atoms with Crippen LogP contribution in [0.5, 0.6) is 0 Å². The Morgan fingerprint density at radius 3 is 3.05 bits per heavy atom. The number of rotatable bonds is 4. The number of amides is 1. The molecule has 1 aromatic carbocycles. The van der Waals surface area contributed by atoms with E-state index in [1.807, 2.05) is 4.90 Å². The van der Waals surface area contributed by atoms with Crippen LogP contribution < -0.4 is 5.32 Å². The first-order valence-corrected chi connectivity index (χ1v) is 7.04. The van der Waals surface area contributed by atoms with Crippen LogP contribution in [0, 0.1) is 0 Å². The molecule has 2 rings (SSSR count). The summed E-state index contributed by atoms with van der Waals surface area (Å²) in [6.45, 7) is 1.89. The number of aliphatic hydroxyl groups is 1. The van der Waals surface area contributed by atoms with Crippen LogP contribution in [0.2, 0.25) is 10.0 Å². The van der Waals surface area contributed by atoms with E-state index in [9.17, 15) is 4.79 Å². The minimum absolute atomic E-state index is 0.0434. The Kier molecular flexibility index (Phi) is 5.63. The van der Waals surface area contributed by atoms with Crippen molar-refractivity contribution in [3.05, 3.63) is 28.2 Å². The Morgan fingerprint density at radius 2 is 2.30 bits per heavy atom. The van der Waals surface area contributed by atoms with Crippen molar-refractivity contribution in [3.63, 3.8) is 0 Å². The van der Waals surface area contributed by atoms with Gasteiger partial charge in [0.15, 0.2) is 0 Å². The number of anilines is 1. The molecule has 20 heavy (non-hydrogen) atoms. The molecule has 0 spiro atoms. The van der Waals surface area contributed by atoms with Crippen molar-refractivity contribution in [3.8, 4) is 0 Å². The van der Waals surface area contributed by atoms with E-state index in [1.165, 1.54) is 0 Å². The third-order valence-corrected chi connectivity index (χ3v) is 3.56. The largest absolute Gasteiger partial charge is 0.394 e. The maximum Gasteiger partial charge on any atom is 0.238 e. The summed E-state index contributed by atoms with van der Waals surface area (Å²) < 4.78 is 5.33. The maximum atomic E-state index is 12.0. The summed E-state index contributed by atoms with van der Waals surface area (Å²) in [5.74, 6) is -0.173. The lowest BCUT2D eigenvalue weighted by Crippen LogP contribution is -2.46. The van der Waals surface area contributed by atoms with E-state index >= 15 is 0 Å². The fourth-order valence-corrected chi connectivity index (χ4v) is 2.36. The number of morpholine rings is 1. The van der Waals surface area contributed by atoms with Crippen molar-refractivity contribution < 1.29 is 14.6 Å². The lowest BCUT2D eigenvalue weighted by Gasteiger charge is -2.31. The van der Waals surface area contributed by atoms with Gasteiger partial charge < -0.3 is 15.2 Å². The van der Waals surface area contributed by atoms with Crippen molar-refractivity contribution in [2.45, 2.75) is 6.10 Å². The minimum Gasteiger partial charge on any atom is -0.394 e. The van der Waals surface area contributed by atoms with Gasteiger partial charge >= 0.3 is 0 Å². The summed E-state index contributed by atoms with van der Waals surface area (Å²) in [6.07, 6.45) is -0.230. The quantitative estimate of drug-likeness (QED) is 0.885. The monoisotopic (exact) mass is 318 g/mol. The van der Waals surface area contributed by atoms with Crippen LogP contribution in [-0.2, 0) is 9.53 Å². The van der Waals surface area contributed by atoms with Gasteiger partial charge in [-0.2, -0.15) is 0 Å². The smallest absolute Gasteiger partial charge is 0.238 e. The number of nitrogens with one attached hydrogen (secondary N) is 1. The topological polar surface area (TPSA) is 61.8 Å². The van der Waals surface area contributed by atoms with Crippen molar-refractivity contribution in [2.75, 3.05) is 38.2 Å². The third-order valence-electron chi connectivity index (χ3n) is 3.00. The van der Waals surface area contributed by atoms with Gasteiger partial charge in [0.1, 0.15) is 0 Å². The first-order valence-electron chi connectivity index (χ1n) is 6.28. The van der Waals surface area contributed by atoms with E-state index in [2.05, 4.69) is 5.32 Å². The molecule has 1 fully saturated rings. The van der Waals surface area contributed by atoms with Gasteiger partial charge in [-0.3, -0.25) is 9.69 Å². The van der Waals surface area contributed by atoms with Crippen LogP contribution >= 0.6 is 23.2 Å². The molecule has 1 aromatic rings. The standard InChI is InChI=1S/C13H16Cl2N2O3/c14-9-1-2-11(15)12(5-9)16-13(19)7-17-3-4-20-10(6-17)8-18/h1-2,5,10,18H,3-4,6-8H2,(H,16,19). The molecule has 1 unspecified atom stereocenters. The molecule has 0 radical (unpaired) electrons. The normalized spacial score (nSPS) is 19.9. The summed E-state index contributed by atoms with van der Waals surface area (Å²) in [6, 6.07) is 4.90. The zero-order chi connectivity index (χ0) is 14.5. The van der Waals surface area contributed by atoms with E-state index in [0.717, 1.165) is 0 Å². The SMILES string of the molecule is O=C(CN1CCOC(CO)C1)Nc1cc(Cl)ccc1Cl. The van der Waals surface area contributed by atoms with Crippen LogP contribution in [-0.4, -0.2) is 54.9 Å². The van der Waals surface area contributed by atoms with E-state index in [-0.39, 0.29) is 25.2 Å². The number of carbonyl (C=O) groups excluding carboxylic acids is 1. The molecule has 1 aliphatic heterocycles. The van der Waals surface area contributed by atoms with Crippen LogP contribution in [0.1, 0.15) is 0 Å². The Bertz CT molecular complexity index is 485. The molecule has 1 aliphatic rings. The second-order valence-corrected chi connectivity index (χ2v) is 5.43. The molecule has 2 N–H and O–H groups in total. The molecule has 1 heterocycles. The van der Waals surface area contributed by atoms with Gasteiger partial charge in [-0.25, -0.2) is 0 Å². The van der Waals surface area contributed by atoms with Gasteiger partial charge in [-0.15, -0.1) is 0 Å². The van der Waals surface area contributed by atoms with Crippen molar-refractivity contribution in [1.29, 1.82) is 0 Å². The summed E-state index contributed by atoms with van der Waals surface area (Å²) in [5.41, 5.74) is 0.496. The van der Waals surface area contributed by atoms with Gasteiger partial charge in [0.05, 0.1) is 36.6 Å². The van der Waals surface area contributed by atoms with E-state index in [0.29, 0.717) is 35.4 Å². The molecule has 7 heteroatoms. The predicted molar refractivity (Wildman–Crippen MR) is 78.4 cm³/mol. The van der Waals surface area contributed by atoms with Gasteiger partial charge in [0, 0.05) is 18.1 Å².